The van der Waals surface area contributed by atoms with Gasteiger partial charge in [0.05, 0.1) is 12.2 Å². The topological polar surface area (TPSA) is 90.0 Å². The highest BCUT2D eigenvalue weighted by Gasteiger charge is 2.21. The van der Waals surface area contributed by atoms with Crippen LogP contribution in [0.1, 0.15) is 11.6 Å². The Kier molecular flexibility index (Phi) is 3.98. The van der Waals surface area contributed by atoms with Crippen molar-refractivity contribution in [3.05, 3.63) is 48.3 Å². The van der Waals surface area contributed by atoms with E-state index in [-0.39, 0.29) is 11.4 Å². The number of nitrogens with two attached hydrogens (primary N) is 1. The monoisotopic (exact) mass is 280 g/mol. The summed E-state index contributed by atoms with van der Waals surface area (Å²) in [5.74, 6) is 0. The molecule has 3 N–H and O–H groups in total. The number of nitrogens with zero attached hydrogens (tertiary/aromatic N) is 2. The van der Waals surface area contributed by atoms with Crippen molar-refractivity contribution in [2.75, 3.05) is 6.54 Å². The van der Waals surface area contributed by atoms with Crippen LogP contribution < -0.4 is 10.5 Å². The van der Waals surface area contributed by atoms with Gasteiger partial charge in [0, 0.05) is 19.8 Å². The summed E-state index contributed by atoms with van der Waals surface area (Å²) in [5, 5.41) is 3.86. The normalized spacial score (nSPS) is 13.4. The zero-order chi connectivity index (χ0) is 13.9. The zero-order valence-corrected chi connectivity index (χ0v) is 11.3. The molecule has 1 aromatic carbocycles. The molecular weight excluding hydrogens is 264 g/mol. The van der Waals surface area contributed by atoms with E-state index < -0.39 is 16.1 Å². The van der Waals surface area contributed by atoms with E-state index in [2.05, 4.69) is 9.82 Å². The maximum Gasteiger partial charge on any atom is 0.244 e. The Morgan fingerprint density at radius 3 is 2.58 bits per heavy atom. The van der Waals surface area contributed by atoms with Crippen molar-refractivity contribution in [3.8, 4) is 0 Å². The second kappa shape index (κ2) is 5.52. The summed E-state index contributed by atoms with van der Waals surface area (Å²) in [4.78, 5) is 0.129. The van der Waals surface area contributed by atoms with Crippen LogP contribution >= 0.6 is 0 Å². The van der Waals surface area contributed by atoms with E-state index >= 15 is 0 Å². The molecule has 0 aliphatic rings. The first-order valence-corrected chi connectivity index (χ1v) is 7.27. The zero-order valence-electron chi connectivity index (χ0n) is 10.5. The molecule has 7 heteroatoms. The number of rotatable bonds is 5. The molecule has 0 spiro atoms. The average Bonchev–Trinajstić information content (AvgIpc) is 2.85. The van der Waals surface area contributed by atoms with Crippen molar-refractivity contribution >= 4 is 10.0 Å². The van der Waals surface area contributed by atoms with E-state index in [4.69, 9.17) is 5.73 Å². The highest BCUT2D eigenvalue weighted by atomic mass is 32.2. The van der Waals surface area contributed by atoms with E-state index in [0.717, 1.165) is 5.56 Å². The van der Waals surface area contributed by atoms with E-state index in [9.17, 15) is 8.42 Å². The highest BCUT2D eigenvalue weighted by Crippen LogP contribution is 2.15. The Labute approximate surface area is 112 Å². The molecule has 2 rings (SSSR count). The van der Waals surface area contributed by atoms with Gasteiger partial charge in [0.1, 0.15) is 4.90 Å². The van der Waals surface area contributed by atoms with Crippen molar-refractivity contribution in [1.29, 1.82) is 0 Å². The van der Waals surface area contributed by atoms with Gasteiger partial charge in [-0.1, -0.05) is 30.3 Å². The number of nitrogens with one attached hydrogen (secondary N) is 1. The van der Waals surface area contributed by atoms with Gasteiger partial charge in [-0.25, -0.2) is 13.1 Å². The minimum atomic E-state index is -3.61. The average molecular weight is 280 g/mol. The lowest BCUT2D eigenvalue weighted by Gasteiger charge is -2.16. The molecule has 0 aliphatic heterocycles. The van der Waals surface area contributed by atoms with Crippen LogP contribution in [0.5, 0.6) is 0 Å². The fourth-order valence-corrected chi connectivity index (χ4v) is 2.95. The van der Waals surface area contributed by atoms with Crippen LogP contribution in [0, 0.1) is 0 Å². The van der Waals surface area contributed by atoms with Gasteiger partial charge in [0.2, 0.25) is 10.0 Å². The van der Waals surface area contributed by atoms with Crippen molar-refractivity contribution < 1.29 is 8.42 Å². The smallest absolute Gasteiger partial charge is 0.244 e. The fourth-order valence-electron chi connectivity index (χ4n) is 1.73. The number of benzene rings is 1. The molecule has 0 saturated heterocycles. The van der Waals surface area contributed by atoms with Crippen LogP contribution in [0.4, 0.5) is 0 Å². The molecule has 1 unspecified atom stereocenters. The van der Waals surface area contributed by atoms with Gasteiger partial charge in [-0.05, 0) is 5.56 Å². The highest BCUT2D eigenvalue weighted by molar-refractivity contribution is 7.89. The third kappa shape index (κ3) is 3.19. The summed E-state index contributed by atoms with van der Waals surface area (Å²) in [7, 11) is -1.95. The molecule has 1 heterocycles. The first-order chi connectivity index (χ1) is 9.03. The van der Waals surface area contributed by atoms with E-state index in [1.54, 1.807) is 7.05 Å². The Balaban J connectivity index is 2.23. The lowest BCUT2D eigenvalue weighted by Crippen LogP contribution is -2.33. The van der Waals surface area contributed by atoms with Crippen molar-refractivity contribution in [1.82, 2.24) is 14.5 Å². The second-order valence-electron chi connectivity index (χ2n) is 4.17. The minimum Gasteiger partial charge on any atom is -0.329 e. The molecule has 0 fully saturated rings. The SMILES string of the molecule is Cn1cc(S(=O)(=O)NC(CN)c2ccccc2)cn1. The largest absolute Gasteiger partial charge is 0.329 e. The summed E-state index contributed by atoms with van der Waals surface area (Å²) in [5.41, 5.74) is 6.48. The molecule has 0 radical (unpaired) electrons. The van der Waals surface area contributed by atoms with Crippen molar-refractivity contribution in [2.24, 2.45) is 12.8 Å². The van der Waals surface area contributed by atoms with Crippen LogP contribution in [-0.4, -0.2) is 24.7 Å². The molecule has 2 aromatic rings. The van der Waals surface area contributed by atoms with Crippen LogP contribution in [0.15, 0.2) is 47.6 Å². The molecule has 0 aliphatic carbocycles. The Bertz CT molecular complexity index is 637. The summed E-state index contributed by atoms with van der Waals surface area (Å²) in [6.45, 7) is 0.184. The van der Waals surface area contributed by atoms with Gasteiger partial charge >= 0.3 is 0 Å². The quantitative estimate of drug-likeness (QED) is 0.829. The third-order valence-corrected chi connectivity index (χ3v) is 4.15. The van der Waals surface area contributed by atoms with Gasteiger partial charge in [-0.15, -0.1) is 0 Å². The predicted molar refractivity (Wildman–Crippen MR) is 71.8 cm³/mol. The van der Waals surface area contributed by atoms with Crippen LogP contribution in [0.25, 0.3) is 0 Å². The number of aromatic nitrogens is 2. The second-order valence-corrected chi connectivity index (χ2v) is 5.88. The minimum absolute atomic E-state index is 0.129. The van der Waals surface area contributed by atoms with Crippen LogP contribution in [-0.2, 0) is 17.1 Å². The maximum atomic E-state index is 12.2. The summed E-state index contributed by atoms with van der Waals surface area (Å²) < 4.78 is 28.4. The van der Waals surface area contributed by atoms with E-state index in [1.807, 2.05) is 30.3 Å². The molecule has 0 amide bonds. The first kappa shape index (κ1) is 13.7. The summed E-state index contributed by atoms with van der Waals surface area (Å²) in [6, 6.07) is 8.78. The van der Waals surface area contributed by atoms with E-state index in [0.29, 0.717) is 0 Å². The van der Waals surface area contributed by atoms with Gasteiger partial charge in [-0.2, -0.15) is 5.10 Å². The van der Waals surface area contributed by atoms with Crippen LogP contribution in [0.2, 0.25) is 0 Å². The molecule has 0 bridgehead atoms. The number of sulfonamides is 1. The van der Waals surface area contributed by atoms with Crippen molar-refractivity contribution in [2.45, 2.75) is 10.9 Å². The molecule has 1 aromatic heterocycles. The Morgan fingerprint density at radius 2 is 2.05 bits per heavy atom. The van der Waals surface area contributed by atoms with Gasteiger partial charge in [0.25, 0.3) is 0 Å². The molecule has 19 heavy (non-hydrogen) atoms. The Morgan fingerprint density at radius 1 is 1.37 bits per heavy atom. The molecular formula is C12H16N4O2S. The maximum absolute atomic E-state index is 12.2. The standard InChI is InChI=1S/C12H16N4O2S/c1-16-9-11(8-14-16)19(17,18)15-12(7-13)10-5-3-2-4-6-10/h2-6,8-9,12,15H,7,13H2,1H3. The molecule has 6 nitrogen and oxygen atoms in total. The number of hydrogen-bond acceptors (Lipinski definition) is 4. The first-order valence-electron chi connectivity index (χ1n) is 5.79. The fraction of sp³-hybridized carbons (Fsp3) is 0.250. The van der Waals surface area contributed by atoms with Gasteiger partial charge < -0.3 is 5.73 Å². The summed E-state index contributed by atoms with van der Waals surface area (Å²) >= 11 is 0. The third-order valence-electron chi connectivity index (χ3n) is 2.73. The van der Waals surface area contributed by atoms with Gasteiger partial charge in [-0.3, -0.25) is 4.68 Å². The number of aryl methyl sites for hydroxylation is 1. The molecule has 102 valence electrons. The van der Waals surface area contributed by atoms with Crippen molar-refractivity contribution in [3.63, 3.8) is 0 Å². The van der Waals surface area contributed by atoms with Crippen LogP contribution in [0.3, 0.4) is 0 Å². The summed E-state index contributed by atoms with van der Waals surface area (Å²) in [6.07, 6.45) is 2.75. The lowest BCUT2D eigenvalue weighted by molar-refractivity contribution is 0.558. The lowest BCUT2D eigenvalue weighted by atomic mass is 10.1. The van der Waals surface area contributed by atoms with E-state index in [1.165, 1.54) is 17.1 Å². The molecule has 1 atom stereocenters. The predicted octanol–water partition coefficient (Wildman–Crippen LogP) is 0.398. The number of hydrogen-bond donors (Lipinski definition) is 2. The molecule has 0 saturated carbocycles. The Hall–Kier alpha value is -1.70. The van der Waals surface area contributed by atoms with Gasteiger partial charge in [0.15, 0.2) is 0 Å².